The number of allylic oxidation sites excluding steroid dienone is 4. The highest BCUT2D eigenvalue weighted by molar-refractivity contribution is 6.51. The first kappa shape index (κ1) is 12.1. The van der Waals surface area contributed by atoms with Crippen LogP contribution in [0.25, 0.3) is 0 Å². The number of anilines is 1. The molecule has 1 heterocycles. The second-order valence-corrected chi connectivity index (χ2v) is 3.38. The van der Waals surface area contributed by atoms with Crippen molar-refractivity contribution in [3.05, 3.63) is 47.7 Å². The van der Waals surface area contributed by atoms with Gasteiger partial charge in [0, 0.05) is 11.2 Å². The third kappa shape index (κ3) is 4.06. The summed E-state index contributed by atoms with van der Waals surface area (Å²) in [5, 5.41) is 14.7. The fraction of sp³-hybridized carbons (Fsp3) is 0. The third-order valence-electron chi connectivity index (χ3n) is 1.67. The van der Waals surface area contributed by atoms with Gasteiger partial charge in [-0.2, -0.15) is 0 Å². The Hall–Kier alpha value is -1.94. The Morgan fingerprint density at radius 3 is 2.25 bits per heavy atom. The van der Waals surface area contributed by atoms with Crippen molar-refractivity contribution in [3.8, 4) is 0 Å². The zero-order chi connectivity index (χ0) is 12.0. The Bertz CT molecular complexity index is 448. The summed E-state index contributed by atoms with van der Waals surface area (Å²) < 4.78 is 0. The standard InChI is InChI=1S/C6H5ClN2.C5H6N2/c7-4-1-2-5(8)6(9)3-4;6-5-3-1-2-4-7-5/h1-3,8-9H;1-4H,(H2,6,7). The van der Waals surface area contributed by atoms with Crippen molar-refractivity contribution in [1.29, 1.82) is 10.8 Å². The van der Waals surface area contributed by atoms with E-state index in [-0.39, 0.29) is 11.4 Å². The van der Waals surface area contributed by atoms with Gasteiger partial charge in [-0.05, 0) is 30.4 Å². The Morgan fingerprint density at radius 2 is 1.88 bits per heavy atom. The molecule has 0 unspecified atom stereocenters. The highest BCUT2D eigenvalue weighted by atomic mass is 35.5. The fourth-order valence-corrected chi connectivity index (χ4v) is 1.06. The van der Waals surface area contributed by atoms with Gasteiger partial charge < -0.3 is 5.73 Å². The van der Waals surface area contributed by atoms with Crippen LogP contribution in [0, 0.1) is 10.8 Å². The normalized spacial score (nSPS) is 13.9. The van der Waals surface area contributed by atoms with Crippen molar-refractivity contribution in [3.63, 3.8) is 0 Å². The van der Waals surface area contributed by atoms with Gasteiger partial charge in [-0.1, -0.05) is 17.7 Å². The fourth-order valence-electron chi connectivity index (χ4n) is 0.892. The molecule has 16 heavy (non-hydrogen) atoms. The van der Waals surface area contributed by atoms with Crippen LogP contribution in [0.2, 0.25) is 0 Å². The van der Waals surface area contributed by atoms with Crippen LogP contribution in [0.1, 0.15) is 0 Å². The SMILES string of the molecule is N=C1C=CC(Cl)=CC1=N.Nc1ccccn1. The first-order valence-corrected chi connectivity index (χ1v) is 4.86. The van der Waals surface area contributed by atoms with E-state index in [1.807, 2.05) is 12.1 Å². The summed E-state index contributed by atoms with van der Waals surface area (Å²) in [7, 11) is 0. The number of nitrogens with one attached hydrogen (secondary N) is 2. The number of pyridine rings is 1. The van der Waals surface area contributed by atoms with Crippen molar-refractivity contribution in [1.82, 2.24) is 4.98 Å². The highest BCUT2D eigenvalue weighted by Crippen LogP contribution is 2.08. The van der Waals surface area contributed by atoms with E-state index in [9.17, 15) is 0 Å². The quantitative estimate of drug-likeness (QED) is 0.602. The van der Waals surface area contributed by atoms with E-state index in [0.29, 0.717) is 10.9 Å². The second kappa shape index (κ2) is 5.82. The molecule has 4 nitrogen and oxygen atoms in total. The molecule has 1 aromatic rings. The van der Waals surface area contributed by atoms with E-state index in [0.717, 1.165) is 0 Å². The van der Waals surface area contributed by atoms with Crippen LogP contribution in [0.4, 0.5) is 5.82 Å². The number of nitrogens with two attached hydrogens (primary N) is 1. The van der Waals surface area contributed by atoms with E-state index < -0.39 is 0 Å². The van der Waals surface area contributed by atoms with E-state index in [4.69, 9.17) is 28.2 Å². The van der Waals surface area contributed by atoms with Crippen LogP contribution in [0.3, 0.4) is 0 Å². The summed E-state index contributed by atoms with van der Waals surface area (Å²) >= 11 is 5.51. The smallest absolute Gasteiger partial charge is 0.123 e. The van der Waals surface area contributed by atoms with Gasteiger partial charge in [0.2, 0.25) is 0 Å². The molecule has 0 atom stereocenters. The summed E-state index contributed by atoms with van der Waals surface area (Å²) in [6.07, 6.45) is 6.21. The average Bonchev–Trinajstić information content (AvgIpc) is 2.26. The molecule has 0 radical (unpaired) electrons. The number of halogens is 1. The largest absolute Gasteiger partial charge is 0.384 e. The molecule has 0 bridgehead atoms. The molecular weight excluding hydrogens is 224 g/mol. The first-order valence-electron chi connectivity index (χ1n) is 4.49. The lowest BCUT2D eigenvalue weighted by Gasteiger charge is -2.00. The predicted octanol–water partition coefficient (Wildman–Crippen LogP) is 2.38. The van der Waals surface area contributed by atoms with Crippen molar-refractivity contribution >= 4 is 28.8 Å². The molecule has 5 heteroatoms. The maximum Gasteiger partial charge on any atom is 0.123 e. The minimum absolute atomic E-state index is 0.169. The summed E-state index contributed by atoms with van der Waals surface area (Å²) in [5.41, 5.74) is 5.62. The molecule has 0 saturated heterocycles. The lowest BCUT2D eigenvalue weighted by Crippen LogP contribution is -2.08. The van der Waals surface area contributed by atoms with E-state index in [1.165, 1.54) is 12.2 Å². The van der Waals surface area contributed by atoms with E-state index in [2.05, 4.69) is 4.98 Å². The van der Waals surface area contributed by atoms with Crippen LogP contribution >= 0.6 is 11.6 Å². The zero-order valence-electron chi connectivity index (χ0n) is 8.44. The van der Waals surface area contributed by atoms with Crippen LogP contribution in [-0.4, -0.2) is 16.4 Å². The summed E-state index contributed by atoms with van der Waals surface area (Å²) in [5.74, 6) is 0.572. The monoisotopic (exact) mass is 234 g/mol. The topological polar surface area (TPSA) is 86.6 Å². The Labute approximate surface area is 98.5 Å². The first-order chi connectivity index (χ1) is 7.59. The Balaban J connectivity index is 0.000000165. The number of aromatic nitrogens is 1. The molecule has 2 rings (SSSR count). The highest BCUT2D eigenvalue weighted by Gasteiger charge is 2.03. The Morgan fingerprint density at radius 1 is 1.12 bits per heavy atom. The van der Waals surface area contributed by atoms with Gasteiger partial charge in [0.1, 0.15) is 5.82 Å². The van der Waals surface area contributed by atoms with Crippen LogP contribution in [-0.2, 0) is 0 Å². The van der Waals surface area contributed by atoms with Crippen LogP contribution < -0.4 is 5.73 Å². The van der Waals surface area contributed by atoms with Crippen molar-refractivity contribution in [2.24, 2.45) is 0 Å². The lowest BCUT2D eigenvalue weighted by molar-refractivity contribution is 1.34. The molecule has 4 N–H and O–H groups in total. The summed E-state index contributed by atoms with van der Waals surface area (Å²) in [4.78, 5) is 3.76. The van der Waals surface area contributed by atoms with Crippen molar-refractivity contribution in [2.45, 2.75) is 0 Å². The van der Waals surface area contributed by atoms with Gasteiger partial charge in [0.05, 0.1) is 11.4 Å². The lowest BCUT2D eigenvalue weighted by atomic mass is 10.1. The third-order valence-corrected chi connectivity index (χ3v) is 1.90. The number of hydrogen-bond acceptors (Lipinski definition) is 4. The molecule has 1 aliphatic carbocycles. The minimum Gasteiger partial charge on any atom is -0.384 e. The van der Waals surface area contributed by atoms with Gasteiger partial charge in [-0.3, -0.25) is 10.8 Å². The molecular formula is C11H11ClN4. The molecule has 0 amide bonds. The van der Waals surface area contributed by atoms with Gasteiger partial charge in [0.15, 0.2) is 0 Å². The maximum absolute atomic E-state index is 7.09. The molecule has 0 aliphatic heterocycles. The Kier molecular flexibility index (Phi) is 4.42. The molecule has 0 spiro atoms. The van der Waals surface area contributed by atoms with Gasteiger partial charge in [-0.15, -0.1) is 0 Å². The summed E-state index contributed by atoms with van der Waals surface area (Å²) in [6, 6.07) is 5.43. The van der Waals surface area contributed by atoms with Crippen molar-refractivity contribution < 1.29 is 0 Å². The number of nitrogen functional groups attached to an aromatic ring is 1. The molecule has 1 aromatic heterocycles. The average molecular weight is 235 g/mol. The van der Waals surface area contributed by atoms with Gasteiger partial charge in [-0.25, -0.2) is 4.98 Å². The molecule has 1 aliphatic rings. The van der Waals surface area contributed by atoms with Crippen molar-refractivity contribution in [2.75, 3.05) is 5.73 Å². The molecule has 0 aromatic carbocycles. The van der Waals surface area contributed by atoms with E-state index in [1.54, 1.807) is 18.3 Å². The molecule has 0 fully saturated rings. The van der Waals surface area contributed by atoms with Crippen LogP contribution in [0.5, 0.6) is 0 Å². The maximum atomic E-state index is 7.09. The van der Waals surface area contributed by atoms with E-state index >= 15 is 0 Å². The second-order valence-electron chi connectivity index (χ2n) is 2.94. The molecule has 0 saturated carbocycles. The minimum atomic E-state index is 0.169. The molecule has 82 valence electrons. The van der Waals surface area contributed by atoms with Gasteiger partial charge in [0.25, 0.3) is 0 Å². The predicted molar refractivity (Wildman–Crippen MR) is 67.2 cm³/mol. The summed E-state index contributed by atoms with van der Waals surface area (Å²) in [6.45, 7) is 0. The number of rotatable bonds is 0. The number of hydrogen-bond donors (Lipinski definition) is 3. The zero-order valence-corrected chi connectivity index (χ0v) is 9.20. The van der Waals surface area contributed by atoms with Gasteiger partial charge >= 0.3 is 0 Å². The van der Waals surface area contributed by atoms with Crippen LogP contribution in [0.15, 0.2) is 47.7 Å². The number of nitrogens with zero attached hydrogens (tertiary/aromatic N) is 1.